The summed E-state index contributed by atoms with van der Waals surface area (Å²) >= 11 is 0. The van der Waals surface area contributed by atoms with Crippen LogP contribution in [-0.4, -0.2) is 35.0 Å². The molecule has 1 aromatic carbocycles. The number of alkyl halides is 6. The number of benzene rings is 1. The molecule has 0 bridgehead atoms. The molecule has 2 amide bonds. The zero-order valence-corrected chi connectivity index (χ0v) is 20.6. The molecule has 0 spiro atoms. The number of amides is 2. The topological polar surface area (TPSA) is 122 Å². The maximum Gasteiger partial charge on any atom is 0.416 e. The van der Waals surface area contributed by atoms with Crippen molar-refractivity contribution < 1.29 is 40.5 Å². The molecule has 1 aromatic heterocycles. The number of hydrogen-bond donors (Lipinski definition) is 2. The number of aromatic nitrogens is 2. The van der Waals surface area contributed by atoms with E-state index >= 15 is 0 Å². The van der Waals surface area contributed by atoms with Crippen molar-refractivity contribution in [1.29, 1.82) is 0 Å². The van der Waals surface area contributed by atoms with Gasteiger partial charge in [0.05, 0.1) is 17.0 Å². The molecule has 1 aliphatic heterocycles. The van der Waals surface area contributed by atoms with Gasteiger partial charge in [-0.2, -0.15) is 31.3 Å². The van der Waals surface area contributed by atoms with Crippen LogP contribution in [0.3, 0.4) is 0 Å². The Morgan fingerprint density at radius 3 is 2.35 bits per heavy atom. The Kier molecular flexibility index (Phi) is 8.49. The molecule has 212 valence electrons. The lowest BCUT2D eigenvalue weighted by Gasteiger charge is -2.20. The summed E-state index contributed by atoms with van der Waals surface area (Å²) in [7, 11) is 0. The first-order valence-corrected chi connectivity index (χ1v) is 12.1. The summed E-state index contributed by atoms with van der Waals surface area (Å²) in [4.78, 5) is 27.8. The lowest BCUT2D eigenvalue weighted by atomic mass is 9.93. The van der Waals surface area contributed by atoms with E-state index in [0.29, 0.717) is 43.9 Å². The van der Waals surface area contributed by atoms with Crippen molar-refractivity contribution >= 4 is 11.8 Å². The van der Waals surface area contributed by atoms with Crippen LogP contribution in [0.5, 0.6) is 0 Å². The van der Waals surface area contributed by atoms with Crippen LogP contribution in [-0.2, 0) is 28.4 Å². The van der Waals surface area contributed by atoms with Crippen LogP contribution in [0.1, 0.15) is 36.3 Å². The number of unbranched alkanes of at least 4 members (excludes halogenated alkanes) is 1. The molecule has 15 heteroatoms. The van der Waals surface area contributed by atoms with Crippen LogP contribution in [0.4, 0.5) is 26.3 Å². The van der Waals surface area contributed by atoms with E-state index in [1.165, 1.54) is 0 Å². The number of halogens is 6. The zero-order valence-electron chi connectivity index (χ0n) is 20.6. The lowest BCUT2D eigenvalue weighted by Crippen LogP contribution is -2.26. The molecule has 2 N–H and O–H groups in total. The third kappa shape index (κ3) is 7.21. The summed E-state index contributed by atoms with van der Waals surface area (Å²) in [6, 6.07) is 1.01. The molecule has 2 aliphatic rings. The van der Waals surface area contributed by atoms with E-state index in [0.717, 1.165) is 5.57 Å². The first-order valence-electron chi connectivity index (χ1n) is 12.1. The number of nitrogens with one attached hydrogen (secondary N) is 2. The highest BCUT2D eigenvalue weighted by Crippen LogP contribution is 2.38. The van der Waals surface area contributed by atoms with Gasteiger partial charge in [0.15, 0.2) is 5.82 Å². The first-order chi connectivity index (χ1) is 18.9. The van der Waals surface area contributed by atoms with Crippen LogP contribution in [0.15, 0.2) is 68.6 Å². The second kappa shape index (κ2) is 11.8. The molecule has 9 nitrogen and oxygen atoms in total. The largest absolute Gasteiger partial charge is 0.416 e. The van der Waals surface area contributed by atoms with Gasteiger partial charge in [0.25, 0.3) is 5.91 Å². The Hall–Kier alpha value is -4.30. The highest BCUT2D eigenvalue weighted by Gasteiger charge is 2.37. The monoisotopic (exact) mass is 568 g/mol. The predicted octanol–water partition coefficient (Wildman–Crippen LogP) is 5.14. The van der Waals surface area contributed by atoms with Gasteiger partial charge in [-0.1, -0.05) is 29.5 Å². The van der Waals surface area contributed by atoms with Gasteiger partial charge < -0.3 is 15.2 Å². The summed E-state index contributed by atoms with van der Waals surface area (Å²) in [5.41, 5.74) is -2.77. The van der Waals surface area contributed by atoms with Gasteiger partial charge in [-0.25, -0.2) is 0 Å². The molecule has 0 radical (unpaired) electrons. The number of nitrogens with zero attached hydrogens (tertiary/aromatic N) is 4. The van der Waals surface area contributed by atoms with E-state index in [1.807, 2.05) is 0 Å². The summed E-state index contributed by atoms with van der Waals surface area (Å²) in [6.07, 6.45) is -1.74. The standard InChI is InChI=1S/C25H22F6N6O3/c26-24(27,28)15-11-14(12-16(13-15)25(29,30)31)21-34-20(40-37-21)8-7-19(38)32-9-3-4-10-33-22-17-5-1-2-6-18(17)23(39)36-35-22/h1-2,5-6,11-13,18,33H,3-4,7-10H2,(H,32,38). The van der Waals surface area contributed by atoms with Gasteiger partial charge in [-0.3, -0.25) is 9.59 Å². The molecule has 1 aliphatic carbocycles. The average Bonchev–Trinajstić information content (AvgIpc) is 3.39. The minimum absolute atomic E-state index is 0.00692. The average molecular weight is 568 g/mol. The van der Waals surface area contributed by atoms with E-state index < -0.39 is 40.8 Å². The van der Waals surface area contributed by atoms with Crippen molar-refractivity contribution in [3.8, 4) is 11.4 Å². The van der Waals surface area contributed by atoms with Gasteiger partial charge in [0, 0.05) is 37.1 Å². The van der Waals surface area contributed by atoms with Crippen LogP contribution in [0, 0.1) is 5.92 Å². The van der Waals surface area contributed by atoms with Crippen LogP contribution >= 0.6 is 0 Å². The minimum Gasteiger partial charge on any atom is -0.368 e. The van der Waals surface area contributed by atoms with Gasteiger partial charge in [0.1, 0.15) is 0 Å². The Balaban J connectivity index is 1.22. The van der Waals surface area contributed by atoms with Crippen LogP contribution in [0.25, 0.3) is 11.4 Å². The van der Waals surface area contributed by atoms with Crippen molar-refractivity contribution in [2.45, 2.75) is 38.0 Å². The number of fused-ring (bicyclic) bond motifs is 1. The fraction of sp³-hybridized carbons (Fsp3) is 0.360. The smallest absolute Gasteiger partial charge is 0.368 e. The van der Waals surface area contributed by atoms with E-state index in [2.05, 4.69) is 31.0 Å². The molecule has 0 fully saturated rings. The van der Waals surface area contributed by atoms with E-state index in [9.17, 15) is 35.9 Å². The predicted molar refractivity (Wildman–Crippen MR) is 127 cm³/mol. The number of rotatable bonds is 10. The van der Waals surface area contributed by atoms with E-state index in [4.69, 9.17) is 4.52 Å². The molecule has 1 atom stereocenters. The Labute approximate surface area is 223 Å². The minimum atomic E-state index is -5.01. The SMILES string of the molecule is O=C(CCc1nc(-c2cc(C(F)(F)F)cc(C(F)(F)F)c2)no1)NCCCCNC1=C2C=CC=CC2C(=O)N=N1. The molecular formula is C25H22F6N6O3. The normalized spacial score (nSPS) is 16.9. The highest BCUT2D eigenvalue weighted by molar-refractivity contribution is 5.86. The summed E-state index contributed by atoms with van der Waals surface area (Å²) in [6.45, 7) is 0.889. The Morgan fingerprint density at radius 2 is 1.65 bits per heavy atom. The highest BCUT2D eigenvalue weighted by atomic mass is 19.4. The number of allylic oxidation sites excluding steroid dienone is 3. The quantitative estimate of drug-likeness (QED) is 0.303. The fourth-order valence-corrected chi connectivity index (χ4v) is 3.89. The van der Waals surface area contributed by atoms with Crippen molar-refractivity contribution in [3.63, 3.8) is 0 Å². The summed E-state index contributed by atoms with van der Waals surface area (Å²) in [5.74, 6) is -1.16. The van der Waals surface area contributed by atoms with Gasteiger partial charge in [-0.15, -0.1) is 10.2 Å². The third-order valence-corrected chi connectivity index (χ3v) is 5.91. The van der Waals surface area contributed by atoms with Crippen molar-refractivity contribution in [2.24, 2.45) is 16.1 Å². The van der Waals surface area contributed by atoms with Crippen LogP contribution in [0.2, 0.25) is 0 Å². The third-order valence-electron chi connectivity index (χ3n) is 5.91. The maximum absolute atomic E-state index is 13.1. The number of hydrogen-bond acceptors (Lipinski definition) is 7. The second-order valence-corrected chi connectivity index (χ2v) is 8.85. The number of azo groups is 1. The zero-order chi connectivity index (χ0) is 28.9. The maximum atomic E-state index is 13.1. The first kappa shape index (κ1) is 28.7. The number of aryl methyl sites for hydroxylation is 1. The fourth-order valence-electron chi connectivity index (χ4n) is 3.89. The summed E-state index contributed by atoms with van der Waals surface area (Å²) < 4.78 is 83.5. The molecule has 0 saturated carbocycles. The molecule has 40 heavy (non-hydrogen) atoms. The number of carbonyl (C=O) groups is 2. The molecule has 1 unspecified atom stereocenters. The van der Waals surface area contributed by atoms with Gasteiger partial charge >= 0.3 is 12.4 Å². The molecular weight excluding hydrogens is 546 g/mol. The molecule has 4 rings (SSSR count). The van der Waals surface area contributed by atoms with Gasteiger partial charge in [0.2, 0.25) is 17.6 Å². The molecule has 0 saturated heterocycles. The molecule has 2 aromatic rings. The van der Waals surface area contributed by atoms with E-state index in [-0.39, 0.29) is 36.6 Å². The van der Waals surface area contributed by atoms with Crippen molar-refractivity contribution in [2.75, 3.05) is 13.1 Å². The van der Waals surface area contributed by atoms with Crippen LogP contribution < -0.4 is 10.6 Å². The molecule has 2 heterocycles. The van der Waals surface area contributed by atoms with Crippen molar-refractivity contribution in [3.05, 3.63) is 70.9 Å². The van der Waals surface area contributed by atoms with Crippen molar-refractivity contribution in [1.82, 2.24) is 20.8 Å². The lowest BCUT2D eigenvalue weighted by molar-refractivity contribution is -0.143. The van der Waals surface area contributed by atoms with E-state index in [1.54, 1.807) is 24.3 Å². The number of carbonyl (C=O) groups excluding carboxylic acids is 2. The Bertz CT molecular complexity index is 1360. The Morgan fingerprint density at radius 1 is 0.950 bits per heavy atom. The second-order valence-electron chi connectivity index (χ2n) is 8.85. The summed E-state index contributed by atoms with van der Waals surface area (Å²) in [5, 5.41) is 16.9. The van der Waals surface area contributed by atoms with Gasteiger partial charge in [-0.05, 0) is 31.0 Å².